The summed E-state index contributed by atoms with van der Waals surface area (Å²) in [5.41, 5.74) is -0.361. The number of fused-ring (bicyclic) bond motifs is 1. The summed E-state index contributed by atoms with van der Waals surface area (Å²) in [4.78, 5) is 26.2. The third-order valence-electron chi connectivity index (χ3n) is 3.31. The Morgan fingerprint density at radius 1 is 0.625 bits per heavy atom. The van der Waals surface area contributed by atoms with Gasteiger partial charge in [-0.3, -0.25) is 9.59 Å². The van der Waals surface area contributed by atoms with E-state index in [0.717, 1.165) is 4.90 Å². The van der Waals surface area contributed by atoms with E-state index >= 15 is 0 Å². The van der Waals surface area contributed by atoms with Gasteiger partial charge in [-0.05, 0) is 12.1 Å². The van der Waals surface area contributed by atoms with Crippen molar-refractivity contribution >= 4 is 98.7 Å². The minimum Gasteiger partial charge on any atom is -0.268 e. The van der Waals surface area contributed by atoms with Crippen molar-refractivity contribution in [3.8, 4) is 0 Å². The lowest BCUT2D eigenvalue weighted by Gasteiger charge is -2.17. The van der Waals surface area contributed by atoms with E-state index in [9.17, 15) is 9.59 Å². The van der Waals surface area contributed by atoms with E-state index in [1.54, 1.807) is 0 Å². The van der Waals surface area contributed by atoms with Crippen LogP contribution in [0.25, 0.3) is 0 Å². The van der Waals surface area contributed by atoms with Crippen molar-refractivity contribution in [2.75, 3.05) is 4.90 Å². The summed E-state index contributed by atoms with van der Waals surface area (Å²) in [5.74, 6) is -1.54. The molecule has 1 aliphatic rings. The van der Waals surface area contributed by atoms with Gasteiger partial charge in [0.1, 0.15) is 0 Å². The molecule has 24 heavy (non-hydrogen) atoms. The topological polar surface area (TPSA) is 37.4 Å². The highest BCUT2D eigenvalue weighted by molar-refractivity contribution is 6.57. The van der Waals surface area contributed by atoms with Crippen LogP contribution in [0.1, 0.15) is 20.7 Å². The summed E-state index contributed by atoms with van der Waals surface area (Å²) in [5, 5.41) is -0.353. The van der Waals surface area contributed by atoms with Crippen molar-refractivity contribution in [2.45, 2.75) is 0 Å². The summed E-state index contributed by atoms with van der Waals surface area (Å²) in [7, 11) is 0. The van der Waals surface area contributed by atoms with Crippen LogP contribution in [0.2, 0.25) is 35.2 Å². The maximum Gasteiger partial charge on any atom is 0.267 e. The van der Waals surface area contributed by atoms with E-state index < -0.39 is 11.8 Å². The van der Waals surface area contributed by atoms with Crippen LogP contribution in [0.5, 0.6) is 0 Å². The summed E-state index contributed by atoms with van der Waals surface area (Å²) in [6.45, 7) is 0. The third-order valence-corrected chi connectivity index (χ3v) is 5.90. The van der Waals surface area contributed by atoms with Crippen LogP contribution in [0.3, 0.4) is 0 Å². The second-order valence-corrected chi connectivity index (χ2v) is 7.43. The molecule has 0 N–H and O–H groups in total. The molecular weight excluding hydrogens is 462 g/mol. The zero-order valence-corrected chi connectivity index (χ0v) is 16.4. The lowest BCUT2D eigenvalue weighted by Crippen LogP contribution is -2.30. The molecule has 0 bridgehead atoms. The fourth-order valence-electron chi connectivity index (χ4n) is 2.30. The van der Waals surface area contributed by atoms with Crippen molar-refractivity contribution in [3.05, 3.63) is 58.4 Å². The Bertz CT molecular complexity index is 871. The molecule has 0 fully saturated rings. The molecule has 0 saturated heterocycles. The number of halogens is 7. The number of hydrogen-bond donors (Lipinski definition) is 0. The minimum atomic E-state index is -0.772. The molecule has 124 valence electrons. The molecule has 0 saturated carbocycles. The van der Waals surface area contributed by atoms with E-state index in [4.69, 9.17) is 81.2 Å². The molecule has 0 aromatic heterocycles. The maximum absolute atomic E-state index is 12.7. The van der Waals surface area contributed by atoms with Gasteiger partial charge in [-0.2, -0.15) is 0 Å². The van der Waals surface area contributed by atoms with Gasteiger partial charge in [0.2, 0.25) is 0 Å². The first-order chi connectivity index (χ1) is 11.2. The summed E-state index contributed by atoms with van der Waals surface area (Å²) in [6, 6.07) is 2.69. The molecular formula is C14H2Cl7NO2. The second kappa shape index (κ2) is 6.40. The van der Waals surface area contributed by atoms with Crippen LogP contribution < -0.4 is 4.90 Å². The van der Waals surface area contributed by atoms with Gasteiger partial charge in [0.25, 0.3) is 11.8 Å². The van der Waals surface area contributed by atoms with Crippen LogP contribution in [-0.4, -0.2) is 11.8 Å². The van der Waals surface area contributed by atoms with Gasteiger partial charge in [0.15, 0.2) is 0 Å². The predicted molar refractivity (Wildman–Crippen MR) is 99.1 cm³/mol. The Kier molecular flexibility index (Phi) is 4.91. The van der Waals surface area contributed by atoms with E-state index in [0.29, 0.717) is 0 Å². The first-order valence-electron chi connectivity index (χ1n) is 6.06. The lowest BCUT2D eigenvalue weighted by atomic mass is 10.1. The molecule has 0 aliphatic carbocycles. The van der Waals surface area contributed by atoms with E-state index in [1.165, 1.54) is 12.1 Å². The number of anilines is 1. The smallest absolute Gasteiger partial charge is 0.267 e. The van der Waals surface area contributed by atoms with Crippen LogP contribution in [-0.2, 0) is 0 Å². The van der Waals surface area contributed by atoms with Gasteiger partial charge < -0.3 is 0 Å². The van der Waals surface area contributed by atoms with Gasteiger partial charge in [-0.15, -0.1) is 0 Å². The Labute approximate surface area is 170 Å². The molecule has 0 unspecified atom stereocenters. The monoisotopic (exact) mass is 461 g/mol. The Hall–Kier alpha value is -0.390. The molecule has 2 amide bonds. The molecule has 2 aromatic rings. The molecule has 2 aromatic carbocycles. The summed E-state index contributed by atoms with van der Waals surface area (Å²) >= 11 is 42.1. The Morgan fingerprint density at radius 3 is 1.38 bits per heavy atom. The van der Waals surface area contributed by atoms with Gasteiger partial charge in [0.05, 0.1) is 47.0 Å². The van der Waals surface area contributed by atoms with Crippen molar-refractivity contribution < 1.29 is 9.59 Å². The van der Waals surface area contributed by atoms with Crippen molar-refractivity contribution in [3.63, 3.8) is 0 Å². The average molecular weight is 464 g/mol. The van der Waals surface area contributed by atoms with Gasteiger partial charge in [-0.25, -0.2) is 4.90 Å². The molecule has 0 spiro atoms. The molecule has 0 atom stereocenters. The van der Waals surface area contributed by atoms with Crippen molar-refractivity contribution in [2.24, 2.45) is 0 Å². The molecule has 1 aliphatic heterocycles. The Balaban J connectivity index is 2.30. The first-order valence-corrected chi connectivity index (χ1v) is 8.70. The largest absolute Gasteiger partial charge is 0.268 e. The number of amides is 2. The fourth-order valence-corrected chi connectivity index (χ4v) is 4.30. The Morgan fingerprint density at radius 2 is 1.00 bits per heavy atom. The zero-order chi connectivity index (χ0) is 17.9. The third kappa shape index (κ3) is 2.58. The average Bonchev–Trinajstić information content (AvgIpc) is 2.75. The predicted octanol–water partition coefficient (Wildman–Crippen LogP) is 7.06. The highest BCUT2D eigenvalue weighted by Crippen LogP contribution is 2.47. The number of carbonyl (C=O) groups is 2. The second-order valence-electron chi connectivity index (χ2n) is 4.67. The van der Waals surface area contributed by atoms with Crippen molar-refractivity contribution in [1.82, 2.24) is 0 Å². The molecule has 3 nitrogen and oxygen atoms in total. The maximum atomic E-state index is 12.7. The van der Waals surface area contributed by atoms with Crippen LogP contribution in [0.4, 0.5) is 5.69 Å². The highest BCUT2D eigenvalue weighted by atomic mass is 35.5. The number of hydrogen-bond acceptors (Lipinski definition) is 2. The number of benzene rings is 2. The molecule has 10 heteroatoms. The quantitative estimate of drug-likeness (QED) is 0.257. The van der Waals surface area contributed by atoms with E-state index in [1.807, 2.05) is 0 Å². The molecule has 1 heterocycles. The van der Waals surface area contributed by atoms with E-state index in [2.05, 4.69) is 0 Å². The SMILES string of the molecule is O=C1c2c(Cl)c(Cl)c(Cl)c(Cl)c2C(=O)N1c1c(Cl)cc(Cl)cc1Cl. The zero-order valence-electron chi connectivity index (χ0n) is 11.1. The number of imide groups is 1. The van der Waals surface area contributed by atoms with Gasteiger partial charge >= 0.3 is 0 Å². The molecule has 0 radical (unpaired) electrons. The van der Waals surface area contributed by atoms with Crippen LogP contribution in [0.15, 0.2) is 12.1 Å². The van der Waals surface area contributed by atoms with E-state index in [-0.39, 0.29) is 52.0 Å². The summed E-state index contributed by atoms with van der Waals surface area (Å²) < 4.78 is 0. The minimum absolute atomic E-state index is 0.00597. The summed E-state index contributed by atoms with van der Waals surface area (Å²) in [6.07, 6.45) is 0. The molecule has 3 rings (SSSR count). The van der Waals surface area contributed by atoms with Gasteiger partial charge in [0, 0.05) is 5.02 Å². The highest BCUT2D eigenvalue weighted by Gasteiger charge is 2.43. The number of carbonyl (C=O) groups excluding carboxylic acids is 2. The van der Waals surface area contributed by atoms with Crippen LogP contribution >= 0.6 is 81.2 Å². The first kappa shape index (κ1) is 18.4. The normalized spacial score (nSPS) is 13.7. The van der Waals surface area contributed by atoms with Crippen LogP contribution in [0, 0.1) is 0 Å². The van der Waals surface area contributed by atoms with Gasteiger partial charge in [-0.1, -0.05) is 81.2 Å². The number of rotatable bonds is 1. The standard InChI is InChI=1S/C14H2Cl7NO2/c15-3-1-4(16)12(5(17)2-3)22-13(23)6-7(14(22)24)9(19)11(21)10(20)8(6)18/h1-2H. The van der Waals surface area contributed by atoms with Crippen molar-refractivity contribution in [1.29, 1.82) is 0 Å². The fraction of sp³-hybridized carbons (Fsp3) is 0. The number of nitrogens with zero attached hydrogens (tertiary/aromatic N) is 1. The lowest BCUT2D eigenvalue weighted by molar-refractivity contribution is 0.0926.